The zero-order valence-electron chi connectivity index (χ0n) is 12.4. The number of halogens is 1. The van der Waals surface area contributed by atoms with E-state index in [9.17, 15) is 8.42 Å². The molecule has 1 aliphatic carbocycles. The second-order valence-corrected chi connectivity index (χ2v) is 8.53. The third-order valence-corrected chi connectivity index (χ3v) is 6.27. The van der Waals surface area contributed by atoms with Crippen molar-refractivity contribution in [2.75, 3.05) is 0 Å². The molecular weight excluding hydrogens is 362 g/mol. The molecule has 0 spiro atoms. The average molecular weight is 380 g/mol. The van der Waals surface area contributed by atoms with Gasteiger partial charge >= 0.3 is 0 Å². The van der Waals surface area contributed by atoms with E-state index >= 15 is 0 Å². The molecule has 0 aliphatic heterocycles. The van der Waals surface area contributed by atoms with E-state index in [0.29, 0.717) is 11.4 Å². The first-order valence-corrected chi connectivity index (χ1v) is 9.53. The molecule has 116 valence electrons. The standard InChI is InChI=1S/C17H18BrNO2S/c1-13-2-4-14(5-3-13)12-19(16-8-9-16)22(20,21)17-10-6-15(18)7-11-17/h2-7,10-11,16H,8-9,12H2,1H3. The molecule has 1 saturated carbocycles. The molecule has 0 radical (unpaired) electrons. The van der Waals surface area contributed by atoms with Crippen LogP contribution in [0.3, 0.4) is 0 Å². The monoisotopic (exact) mass is 379 g/mol. The van der Waals surface area contributed by atoms with E-state index < -0.39 is 10.0 Å². The summed E-state index contributed by atoms with van der Waals surface area (Å²) in [7, 11) is -3.45. The van der Waals surface area contributed by atoms with Crippen LogP contribution in [-0.2, 0) is 16.6 Å². The third kappa shape index (κ3) is 3.42. The zero-order valence-corrected chi connectivity index (χ0v) is 14.8. The first kappa shape index (κ1) is 15.7. The van der Waals surface area contributed by atoms with Gasteiger partial charge in [0.2, 0.25) is 10.0 Å². The number of rotatable bonds is 5. The number of benzene rings is 2. The minimum atomic E-state index is -3.45. The molecule has 0 N–H and O–H groups in total. The number of hydrogen-bond acceptors (Lipinski definition) is 2. The van der Waals surface area contributed by atoms with Crippen LogP contribution in [0.2, 0.25) is 0 Å². The van der Waals surface area contributed by atoms with Crippen molar-refractivity contribution >= 4 is 26.0 Å². The molecule has 0 atom stereocenters. The van der Waals surface area contributed by atoms with E-state index in [1.807, 2.05) is 31.2 Å². The molecule has 2 aromatic carbocycles. The molecule has 0 aromatic heterocycles. The highest BCUT2D eigenvalue weighted by molar-refractivity contribution is 9.10. The Balaban J connectivity index is 1.90. The van der Waals surface area contributed by atoms with Gasteiger partial charge in [0.15, 0.2) is 0 Å². The number of hydrogen-bond donors (Lipinski definition) is 0. The van der Waals surface area contributed by atoms with E-state index in [0.717, 1.165) is 22.9 Å². The van der Waals surface area contributed by atoms with Gasteiger partial charge in [-0.15, -0.1) is 0 Å². The lowest BCUT2D eigenvalue weighted by molar-refractivity contribution is 0.398. The van der Waals surface area contributed by atoms with E-state index in [-0.39, 0.29) is 6.04 Å². The number of nitrogens with zero attached hydrogens (tertiary/aromatic N) is 1. The lowest BCUT2D eigenvalue weighted by Crippen LogP contribution is -2.32. The Bertz CT molecular complexity index is 750. The van der Waals surface area contributed by atoms with Gasteiger partial charge in [0, 0.05) is 17.1 Å². The lowest BCUT2D eigenvalue weighted by atomic mass is 10.1. The van der Waals surface area contributed by atoms with Gasteiger partial charge in [-0.25, -0.2) is 8.42 Å². The van der Waals surface area contributed by atoms with Gasteiger partial charge in [0.25, 0.3) is 0 Å². The number of aryl methyl sites for hydroxylation is 1. The first-order chi connectivity index (χ1) is 10.5. The van der Waals surface area contributed by atoms with Crippen molar-refractivity contribution < 1.29 is 8.42 Å². The molecule has 0 bridgehead atoms. The molecule has 0 amide bonds. The Morgan fingerprint density at radius 2 is 1.64 bits per heavy atom. The van der Waals surface area contributed by atoms with Gasteiger partial charge < -0.3 is 0 Å². The Hall–Kier alpha value is -1.17. The normalized spacial score (nSPS) is 15.2. The SMILES string of the molecule is Cc1ccc(CN(C2CC2)S(=O)(=O)c2ccc(Br)cc2)cc1. The molecule has 0 unspecified atom stereocenters. The Kier molecular flexibility index (Phi) is 4.39. The van der Waals surface area contributed by atoms with Crippen molar-refractivity contribution in [3.8, 4) is 0 Å². The molecule has 1 aliphatic rings. The number of sulfonamides is 1. The van der Waals surface area contributed by atoms with Gasteiger partial charge in [0.1, 0.15) is 0 Å². The van der Waals surface area contributed by atoms with Crippen LogP contribution >= 0.6 is 15.9 Å². The molecular formula is C17H18BrNO2S. The highest BCUT2D eigenvalue weighted by atomic mass is 79.9. The summed E-state index contributed by atoms with van der Waals surface area (Å²) in [5.74, 6) is 0. The summed E-state index contributed by atoms with van der Waals surface area (Å²) < 4.78 is 28.3. The minimum absolute atomic E-state index is 0.134. The lowest BCUT2D eigenvalue weighted by Gasteiger charge is -2.22. The van der Waals surface area contributed by atoms with Crippen molar-refractivity contribution in [3.63, 3.8) is 0 Å². The van der Waals surface area contributed by atoms with Gasteiger partial charge in [-0.05, 0) is 49.6 Å². The maximum Gasteiger partial charge on any atom is 0.243 e. The summed E-state index contributed by atoms with van der Waals surface area (Å²) >= 11 is 3.34. The van der Waals surface area contributed by atoms with E-state index in [2.05, 4.69) is 15.9 Å². The largest absolute Gasteiger partial charge is 0.243 e. The fourth-order valence-corrected chi connectivity index (χ4v) is 4.33. The Morgan fingerprint density at radius 1 is 1.05 bits per heavy atom. The quantitative estimate of drug-likeness (QED) is 0.783. The zero-order chi connectivity index (χ0) is 15.7. The van der Waals surface area contributed by atoms with Gasteiger partial charge in [0.05, 0.1) is 4.90 Å². The van der Waals surface area contributed by atoms with Crippen molar-refractivity contribution in [2.24, 2.45) is 0 Å². The predicted octanol–water partition coefficient (Wildman–Crippen LogP) is 4.11. The van der Waals surface area contributed by atoms with Crippen LogP contribution in [0.25, 0.3) is 0 Å². The van der Waals surface area contributed by atoms with Crippen LogP contribution in [0.5, 0.6) is 0 Å². The summed E-state index contributed by atoms with van der Waals surface area (Å²) in [5.41, 5.74) is 2.20. The van der Waals surface area contributed by atoms with Crippen molar-refractivity contribution in [3.05, 3.63) is 64.1 Å². The van der Waals surface area contributed by atoms with Crippen molar-refractivity contribution in [1.29, 1.82) is 0 Å². The maximum absolute atomic E-state index is 12.9. The highest BCUT2D eigenvalue weighted by Gasteiger charge is 2.37. The van der Waals surface area contributed by atoms with Gasteiger partial charge in [-0.1, -0.05) is 45.8 Å². The van der Waals surface area contributed by atoms with Crippen molar-refractivity contribution in [2.45, 2.75) is 37.2 Å². The molecule has 3 nitrogen and oxygen atoms in total. The molecule has 3 rings (SSSR count). The van der Waals surface area contributed by atoms with Crippen LogP contribution in [0.15, 0.2) is 57.9 Å². The van der Waals surface area contributed by atoms with Gasteiger partial charge in [-0.3, -0.25) is 0 Å². The summed E-state index contributed by atoms with van der Waals surface area (Å²) in [6, 6.07) is 15.0. The Labute approximate surface area is 140 Å². The minimum Gasteiger partial charge on any atom is -0.207 e. The Morgan fingerprint density at radius 3 is 2.18 bits per heavy atom. The predicted molar refractivity (Wildman–Crippen MR) is 91.1 cm³/mol. The summed E-state index contributed by atoms with van der Waals surface area (Å²) in [5, 5.41) is 0. The second kappa shape index (κ2) is 6.14. The van der Waals surface area contributed by atoms with Crippen LogP contribution < -0.4 is 0 Å². The smallest absolute Gasteiger partial charge is 0.207 e. The molecule has 0 heterocycles. The molecule has 1 fully saturated rings. The summed E-state index contributed by atoms with van der Waals surface area (Å²) in [4.78, 5) is 0.356. The topological polar surface area (TPSA) is 37.4 Å². The molecule has 22 heavy (non-hydrogen) atoms. The fraction of sp³-hybridized carbons (Fsp3) is 0.294. The molecule has 5 heteroatoms. The molecule has 2 aromatic rings. The van der Waals surface area contributed by atoms with E-state index in [1.165, 1.54) is 5.56 Å². The maximum atomic E-state index is 12.9. The fourth-order valence-electron chi connectivity index (χ4n) is 2.39. The van der Waals surface area contributed by atoms with E-state index in [1.54, 1.807) is 28.6 Å². The molecule has 0 saturated heterocycles. The van der Waals surface area contributed by atoms with Crippen LogP contribution in [-0.4, -0.2) is 18.8 Å². The van der Waals surface area contributed by atoms with Crippen LogP contribution in [0, 0.1) is 6.92 Å². The highest BCUT2D eigenvalue weighted by Crippen LogP contribution is 2.33. The third-order valence-electron chi connectivity index (χ3n) is 3.83. The summed E-state index contributed by atoms with van der Waals surface area (Å²) in [6.07, 6.45) is 1.89. The van der Waals surface area contributed by atoms with Crippen LogP contribution in [0.4, 0.5) is 0 Å². The van der Waals surface area contributed by atoms with Crippen LogP contribution in [0.1, 0.15) is 24.0 Å². The van der Waals surface area contributed by atoms with Crippen molar-refractivity contribution in [1.82, 2.24) is 4.31 Å². The first-order valence-electron chi connectivity index (χ1n) is 7.30. The average Bonchev–Trinajstić information content (AvgIpc) is 3.31. The van der Waals surface area contributed by atoms with Gasteiger partial charge in [-0.2, -0.15) is 4.31 Å². The summed E-state index contributed by atoms with van der Waals surface area (Å²) in [6.45, 7) is 2.46. The van der Waals surface area contributed by atoms with E-state index in [4.69, 9.17) is 0 Å². The second-order valence-electron chi connectivity index (χ2n) is 5.72.